The highest BCUT2D eigenvalue weighted by Crippen LogP contribution is 2.36. The summed E-state index contributed by atoms with van der Waals surface area (Å²) >= 11 is 1.54. The second kappa shape index (κ2) is 9.22. The zero-order valence-corrected chi connectivity index (χ0v) is 20.2. The second-order valence-electron chi connectivity index (χ2n) is 8.77. The van der Waals surface area contributed by atoms with E-state index in [1.165, 1.54) is 19.3 Å². The first kappa shape index (κ1) is 21.9. The Balaban J connectivity index is 1.34. The van der Waals surface area contributed by atoms with E-state index in [4.69, 9.17) is 14.1 Å². The summed E-state index contributed by atoms with van der Waals surface area (Å²) in [6, 6.07) is 15.9. The summed E-state index contributed by atoms with van der Waals surface area (Å²) in [4.78, 5) is 20.3. The van der Waals surface area contributed by atoms with E-state index >= 15 is 0 Å². The molecule has 6 rings (SSSR count). The lowest BCUT2D eigenvalue weighted by Crippen LogP contribution is -2.15. The summed E-state index contributed by atoms with van der Waals surface area (Å²) in [7, 11) is 1.66. The number of para-hydroxylation sites is 1. The molecule has 3 heterocycles. The molecule has 1 saturated carbocycles. The number of fused-ring (bicyclic) bond motifs is 3. The maximum absolute atomic E-state index is 12.7. The fraction of sp³-hybridized carbons (Fsp3) is 0.308. The van der Waals surface area contributed by atoms with E-state index < -0.39 is 0 Å². The Bertz CT molecular complexity index is 1550. The molecule has 1 aliphatic carbocycles. The number of furan rings is 1. The standard InChI is InChI=1S/C26H25N5O3S/c1-33-18-13-11-16(12-14-18)24-29-30-26(31(24)17-7-3-2-4-8-17)35-15-21-27-22-19-9-5-6-10-20(19)34-23(22)25(32)28-21/h5-6,9-14,17H,2-4,7-8,15H2,1H3,(H,27,28,32). The number of hydrogen-bond acceptors (Lipinski definition) is 7. The van der Waals surface area contributed by atoms with E-state index in [1.54, 1.807) is 18.9 Å². The van der Waals surface area contributed by atoms with Gasteiger partial charge >= 0.3 is 0 Å². The molecule has 0 aliphatic heterocycles. The van der Waals surface area contributed by atoms with Crippen molar-refractivity contribution >= 4 is 33.8 Å². The first-order valence-corrected chi connectivity index (χ1v) is 12.8. The van der Waals surface area contributed by atoms with Crippen molar-refractivity contribution in [3.05, 3.63) is 64.7 Å². The Kier molecular flexibility index (Phi) is 5.77. The molecule has 0 spiro atoms. The van der Waals surface area contributed by atoms with Gasteiger partial charge in [-0.1, -0.05) is 43.2 Å². The highest BCUT2D eigenvalue weighted by molar-refractivity contribution is 7.98. The molecule has 1 N–H and O–H groups in total. The van der Waals surface area contributed by atoms with Gasteiger partial charge in [-0.3, -0.25) is 9.36 Å². The first-order chi connectivity index (χ1) is 17.2. The van der Waals surface area contributed by atoms with Crippen LogP contribution in [0.4, 0.5) is 0 Å². The molecule has 0 bridgehead atoms. The van der Waals surface area contributed by atoms with Gasteiger partial charge in [0.05, 0.1) is 12.9 Å². The van der Waals surface area contributed by atoms with Gasteiger partial charge in [-0.2, -0.15) is 0 Å². The van der Waals surface area contributed by atoms with Gasteiger partial charge in [0.15, 0.2) is 11.0 Å². The number of benzene rings is 2. The zero-order valence-electron chi connectivity index (χ0n) is 19.4. The van der Waals surface area contributed by atoms with Crippen molar-refractivity contribution in [3.63, 3.8) is 0 Å². The zero-order chi connectivity index (χ0) is 23.8. The molecule has 178 valence electrons. The Hall–Kier alpha value is -3.59. The Labute approximate surface area is 205 Å². The van der Waals surface area contributed by atoms with Crippen molar-refractivity contribution in [1.29, 1.82) is 0 Å². The fourth-order valence-corrected chi connectivity index (χ4v) is 5.71. The summed E-state index contributed by atoms with van der Waals surface area (Å²) in [5, 5.41) is 10.8. The smallest absolute Gasteiger partial charge is 0.294 e. The third-order valence-corrected chi connectivity index (χ3v) is 7.52. The predicted octanol–water partition coefficient (Wildman–Crippen LogP) is 5.73. The van der Waals surface area contributed by atoms with Crippen LogP contribution in [0.25, 0.3) is 33.5 Å². The third kappa shape index (κ3) is 4.10. The van der Waals surface area contributed by atoms with Gasteiger partial charge in [-0.15, -0.1) is 10.2 Å². The van der Waals surface area contributed by atoms with Crippen LogP contribution >= 0.6 is 11.8 Å². The van der Waals surface area contributed by atoms with Crippen molar-refractivity contribution < 1.29 is 9.15 Å². The Morgan fingerprint density at radius 2 is 1.89 bits per heavy atom. The van der Waals surface area contributed by atoms with E-state index in [0.717, 1.165) is 40.5 Å². The highest BCUT2D eigenvalue weighted by Gasteiger charge is 2.24. The van der Waals surface area contributed by atoms with Crippen molar-refractivity contribution in [2.24, 2.45) is 0 Å². The maximum Gasteiger partial charge on any atom is 0.294 e. The molecule has 1 aliphatic rings. The number of H-pyrrole nitrogens is 1. The molecule has 5 aromatic rings. The number of rotatable bonds is 6. The minimum Gasteiger partial charge on any atom is -0.497 e. The van der Waals surface area contributed by atoms with Gasteiger partial charge in [-0.05, 0) is 49.2 Å². The van der Waals surface area contributed by atoms with Crippen LogP contribution in [0, 0.1) is 0 Å². The van der Waals surface area contributed by atoms with Crippen LogP contribution in [-0.4, -0.2) is 31.8 Å². The number of methoxy groups -OCH3 is 1. The van der Waals surface area contributed by atoms with Crippen molar-refractivity contribution in [3.8, 4) is 17.1 Å². The molecular weight excluding hydrogens is 462 g/mol. The summed E-state index contributed by atoms with van der Waals surface area (Å²) in [6.45, 7) is 0. The van der Waals surface area contributed by atoms with Crippen LogP contribution in [0.5, 0.6) is 5.75 Å². The molecule has 9 heteroatoms. The number of nitrogens with zero attached hydrogens (tertiary/aromatic N) is 4. The average molecular weight is 488 g/mol. The molecule has 0 unspecified atom stereocenters. The van der Waals surface area contributed by atoms with Crippen LogP contribution in [0.3, 0.4) is 0 Å². The van der Waals surface area contributed by atoms with Gasteiger partial charge in [0.1, 0.15) is 22.7 Å². The second-order valence-corrected chi connectivity index (χ2v) is 9.72. The molecule has 0 radical (unpaired) electrons. The van der Waals surface area contributed by atoms with Crippen molar-refractivity contribution in [2.75, 3.05) is 7.11 Å². The molecule has 1 fully saturated rings. The van der Waals surface area contributed by atoms with Gasteiger partial charge in [0.2, 0.25) is 5.58 Å². The number of thioether (sulfide) groups is 1. The minimum atomic E-state index is -0.269. The van der Waals surface area contributed by atoms with Gasteiger partial charge in [0, 0.05) is 17.0 Å². The lowest BCUT2D eigenvalue weighted by atomic mass is 9.95. The van der Waals surface area contributed by atoms with Crippen molar-refractivity contribution in [1.82, 2.24) is 24.7 Å². The molecule has 3 aromatic heterocycles. The van der Waals surface area contributed by atoms with Crippen LogP contribution in [0.2, 0.25) is 0 Å². The van der Waals surface area contributed by atoms with Gasteiger partial charge in [0.25, 0.3) is 5.56 Å². The van der Waals surface area contributed by atoms with E-state index in [0.29, 0.717) is 28.7 Å². The van der Waals surface area contributed by atoms with Crippen LogP contribution in [-0.2, 0) is 5.75 Å². The van der Waals surface area contributed by atoms with E-state index in [-0.39, 0.29) is 11.1 Å². The normalized spacial score (nSPS) is 14.7. The van der Waals surface area contributed by atoms with Gasteiger partial charge < -0.3 is 14.1 Å². The summed E-state index contributed by atoms with van der Waals surface area (Å²) < 4.78 is 13.3. The SMILES string of the molecule is COc1ccc(-c2nnc(SCc3nc4c(oc5ccccc54)c(=O)[nH]3)n2C2CCCCC2)cc1. The minimum absolute atomic E-state index is 0.257. The molecule has 0 amide bonds. The molecule has 2 aromatic carbocycles. The average Bonchev–Trinajstić information content (AvgIpc) is 3.50. The lowest BCUT2D eigenvalue weighted by Gasteiger charge is -2.25. The number of aromatic amines is 1. The number of nitrogens with one attached hydrogen (secondary N) is 1. The summed E-state index contributed by atoms with van der Waals surface area (Å²) in [6.07, 6.45) is 5.89. The van der Waals surface area contributed by atoms with E-state index in [2.05, 4.69) is 19.7 Å². The van der Waals surface area contributed by atoms with Crippen LogP contribution < -0.4 is 10.3 Å². The molecular formula is C26H25N5O3S. The summed E-state index contributed by atoms with van der Waals surface area (Å²) in [5.74, 6) is 2.73. The quantitative estimate of drug-likeness (QED) is 0.305. The number of ether oxygens (including phenoxy) is 1. The lowest BCUT2D eigenvalue weighted by molar-refractivity contribution is 0.339. The largest absolute Gasteiger partial charge is 0.497 e. The molecule has 35 heavy (non-hydrogen) atoms. The maximum atomic E-state index is 12.7. The third-order valence-electron chi connectivity index (χ3n) is 6.57. The monoisotopic (exact) mass is 487 g/mol. The Morgan fingerprint density at radius 3 is 2.69 bits per heavy atom. The highest BCUT2D eigenvalue weighted by atomic mass is 32.2. The van der Waals surface area contributed by atoms with Crippen molar-refractivity contribution in [2.45, 2.75) is 49.1 Å². The fourth-order valence-electron chi connectivity index (χ4n) is 4.83. The van der Waals surface area contributed by atoms with E-state index in [9.17, 15) is 4.79 Å². The van der Waals surface area contributed by atoms with Crippen LogP contribution in [0.1, 0.15) is 44.0 Å². The van der Waals surface area contributed by atoms with E-state index in [1.807, 2.05) is 48.5 Å². The topological polar surface area (TPSA) is 98.8 Å². The predicted molar refractivity (Wildman–Crippen MR) is 136 cm³/mol. The van der Waals surface area contributed by atoms with Gasteiger partial charge in [-0.25, -0.2) is 4.98 Å². The molecule has 0 saturated heterocycles. The Morgan fingerprint density at radius 1 is 1.09 bits per heavy atom. The first-order valence-electron chi connectivity index (χ1n) is 11.8. The molecule has 0 atom stereocenters. The summed E-state index contributed by atoms with van der Waals surface area (Å²) in [5.41, 5.74) is 2.24. The number of hydrogen-bond donors (Lipinski definition) is 1. The van der Waals surface area contributed by atoms with Crippen LogP contribution in [0.15, 0.2) is 62.9 Å². The molecule has 8 nitrogen and oxygen atoms in total. The number of aromatic nitrogens is 5.